The average Bonchev–Trinajstić information content (AvgIpc) is 2.39. The van der Waals surface area contributed by atoms with E-state index >= 15 is 0 Å². The van der Waals surface area contributed by atoms with Crippen molar-refractivity contribution >= 4 is 26.7 Å². The summed E-state index contributed by atoms with van der Waals surface area (Å²) in [6.45, 7) is 6.87. The fraction of sp³-hybridized carbons (Fsp3) is 0.875. The Hall–Kier alpha value is 0.609. The van der Waals surface area contributed by atoms with Gasteiger partial charge in [0.1, 0.15) is 0 Å². The molecule has 0 rings (SSSR count). The van der Waals surface area contributed by atoms with Gasteiger partial charge in [0.2, 0.25) is 0 Å². The second-order valence-corrected chi connectivity index (χ2v) is 8.09. The number of thioether (sulfide) groups is 1. The maximum absolute atomic E-state index is 2.59. The molecule has 0 radical (unpaired) electrons. The van der Waals surface area contributed by atoms with Gasteiger partial charge in [-0.1, -0.05) is 0 Å². The first-order valence-corrected chi connectivity index (χ1v) is 11.0. The van der Waals surface area contributed by atoms with Crippen molar-refractivity contribution in [1.29, 1.82) is 0 Å². The quantitative estimate of drug-likeness (QED) is 0.283. The third-order valence-corrected chi connectivity index (χ3v) is 6.46. The molecule has 0 heterocycles. The van der Waals surface area contributed by atoms with E-state index in [2.05, 4.69) is 37.5 Å². The van der Waals surface area contributed by atoms with Crippen molar-refractivity contribution in [3.05, 3.63) is 9.88 Å². The standard InChI is InChI=1S/C16H32SSe/c1-4-7-10-11-12-16(17-13-8-5-2)15-18-14-9-6-3/h15H,4-14H2,1-3H3/b16-15-. The molecule has 0 bridgehead atoms. The molecule has 0 amide bonds. The van der Waals surface area contributed by atoms with Crippen molar-refractivity contribution < 1.29 is 0 Å². The van der Waals surface area contributed by atoms with Crippen LogP contribution in [0, 0.1) is 0 Å². The van der Waals surface area contributed by atoms with E-state index in [1.54, 1.807) is 4.91 Å². The molecule has 0 saturated heterocycles. The van der Waals surface area contributed by atoms with Crippen LogP contribution in [-0.4, -0.2) is 20.7 Å². The van der Waals surface area contributed by atoms with Crippen molar-refractivity contribution in [2.24, 2.45) is 0 Å². The first-order chi connectivity index (χ1) is 8.85. The van der Waals surface area contributed by atoms with Gasteiger partial charge in [-0.15, -0.1) is 0 Å². The molecule has 0 aromatic rings. The van der Waals surface area contributed by atoms with Gasteiger partial charge in [-0.05, 0) is 0 Å². The Morgan fingerprint density at radius 3 is 2.28 bits per heavy atom. The zero-order valence-electron chi connectivity index (χ0n) is 12.7. The molecule has 0 aliphatic carbocycles. The van der Waals surface area contributed by atoms with Gasteiger partial charge >= 0.3 is 126 Å². The Balaban J connectivity index is 3.82. The summed E-state index contributed by atoms with van der Waals surface area (Å²) in [6, 6.07) is 0. The minimum absolute atomic E-state index is 0.759. The van der Waals surface area contributed by atoms with E-state index in [9.17, 15) is 0 Å². The molecular weight excluding hydrogens is 303 g/mol. The van der Waals surface area contributed by atoms with E-state index in [4.69, 9.17) is 0 Å². The molecule has 18 heavy (non-hydrogen) atoms. The van der Waals surface area contributed by atoms with Gasteiger partial charge in [0.05, 0.1) is 0 Å². The van der Waals surface area contributed by atoms with Crippen LogP contribution in [0.4, 0.5) is 0 Å². The molecule has 2 heteroatoms. The zero-order chi connectivity index (χ0) is 13.5. The van der Waals surface area contributed by atoms with E-state index in [0.29, 0.717) is 0 Å². The number of rotatable bonds is 13. The molecule has 0 aromatic carbocycles. The molecule has 0 spiro atoms. The monoisotopic (exact) mass is 336 g/mol. The molecule has 0 atom stereocenters. The molecule has 0 aliphatic heterocycles. The van der Waals surface area contributed by atoms with Gasteiger partial charge in [0.15, 0.2) is 0 Å². The molecule has 0 saturated carbocycles. The van der Waals surface area contributed by atoms with E-state index in [1.807, 2.05) is 0 Å². The average molecular weight is 335 g/mol. The minimum atomic E-state index is 0.759. The van der Waals surface area contributed by atoms with Crippen molar-refractivity contribution in [1.82, 2.24) is 0 Å². The van der Waals surface area contributed by atoms with Crippen LogP contribution >= 0.6 is 11.8 Å². The summed E-state index contributed by atoms with van der Waals surface area (Å²) < 4.78 is 0. The van der Waals surface area contributed by atoms with E-state index < -0.39 is 0 Å². The number of allylic oxidation sites excluding steroid dienone is 1. The number of hydrogen-bond acceptors (Lipinski definition) is 1. The van der Waals surface area contributed by atoms with Gasteiger partial charge in [-0.3, -0.25) is 0 Å². The van der Waals surface area contributed by atoms with Crippen LogP contribution in [0.3, 0.4) is 0 Å². The van der Waals surface area contributed by atoms with Crippen LogP contribution in [0.5, 0.6) is 0 Å². The fourth-order valence-corrected chi connectivity index (χ4v) is 5.29. The SMILES string of the molecule is CCCCCC/C(=C/[Se]CCCC)SCCCC. The summed E-state index contributed by atoms with van der Waals surface area (Å²) in [4.78, 5) is 4.30. The molecule has 0 aromatic heterocycles. The Bertz CT molecular complexity index is 190. The topological polar surface area (TPSA) is 0 Å². The van der Waals surface area contributed by atoms with Gasteiger partial charge in [-0.25, -0.2) is 0 Å². The Morgan fingerprint density at radius 2 is 1.61 bits per heavy atom. The third-order valence-electron chi connectivity index (χ3n) is 2.89. The molecule has 0 nitrogen and oxygen atoms in total. The summed E-state index contributed by atoms with van der Waals surface area (Å²) in [5, 5.41) is 1.44. The number of unbranched alkanes of at least 4 members (excludes halogenated alkanes) is 5. The predicted molar refractivity (Wildman–Crippen MR) is 89.7 cm³/mol. The van der Waals surface area contributed by atoms with Crippen LogP contribution in [0.15, 0.2) is 9.88 Å². The number of hydrogen-bond donors (Lipinski definition) is 0. The van der Waals surface area contributed by atoms with Crippen LogP contribution in [0.25, 0.3) is 0 Å². The molecule has 0 fully saturated rings. The second-order valence-electron chi connectivity index (χ2n) is 4.82. The van der Waals surface area contributed by atoms with Crippen molar-refractivity contribution in [3.63, 3.8) is 0 Å². The summed E-state index contributed by atoms with van der Waals surface area (Å²) in [5.41, 5.74) is 0. The van der Waals surface area contributed by atoms with Gasteiger partial charge in [-0.2, -0.15) is 0 Å². The summed E-state index contributed by atoms with van der Waals surface area (Å²) in [7, 11) is 0. The molecule has 0 unspecified atom stereocenters. The van der Waals surface area contributed by atoms with Crippen LogP contribution in [-0.2, 0) is 0 Å². The summed E-state index contributed by atoms with van der Waals surface area (Å²) in [6.07, 6.45) is 12.4. The van der Waals surface area contributed by atoms with E-state index in [0.717, 1.165) is 15.0 Å². The van der Waals surface area contributed by atoms with Crippen LogP contribution < -0.4 is 0 Å². The van der Waals surface area contributed by atoms with Crippen molar-refractivity contribution in [2.45, 2.75) is 83.9 Å². The summed E-state index contributed by atoms with van der Waals surface area (Å²) in [5.74, 6) is 1.33. The molecular formula is C16H32SSe. The first kappa shape index (κ1) is 18.6. The van der Waals surface area contributed by atoms with Crippen molar-refractivity contribution in [3.8, 4) is 0 Å². The molecule has 0 aliphatic rings. The fourth-order valence-electron chi connectivity index (χ4n) is 1.62. The van der Waals surface area contributed by atoms with Gasteiger partial charge < -0.3 is 0 Å². The van der Waals surface area contributed by atoms with E-state index in [-0.39, 0.29) is 0 Å². The van der Waals surface area contributed by atoms with Crippen LogP contribution in [0.1, 0.15) is 78.6 Å². The Labute approximate surface area is 126 Å². The third kappa shape index (κ3) is 13.1. The van der Waals surface area contributed by atoms with Crippen molar-refractivity contribution in [2.75, 3.05) is 5.75 Å². The zero-order valence-corrected chi connectivity index (χ0v) is 15.2. The first-order valence-electron chi connectivity index (χ1n) is 7.78. The van der Waals surface area contributed by atoms with Gasteiger partial charge in [0.25, 0.3) is 0 Å². The Morgan fingerprint density at radius 1 is 0.889 bits per heavy atom. The maximum atomic E-state index is 2.59. The second kappa shape index (κ2) is 15.7. The Kier molecular flexibility index (Phi) is 16.2. The van der Waals surface area contributed by atoms with E-state index in [1.165, 1.54) is 68.9 Å². The van der Waals surface area contributed by atoms with Crippen LogP contribution in [0.2, 0.25) is 5.32 Å². The summed E-state index contributed by atoms with van der Waals surface area (Å²) >= 11 is 2.90. The van der Waals surface area contributed by atoms with Gasteiger partial charge in [0, 0.05) is 0 Å². The normalized spacial score (nSPS) is 12.1. The predicted octanol–water partition coefficient (Wildman–Crippen LogP) is 6.25. The molecule has 0 N–H and O–H groups in total. The molecule has 108 valence electrons.